The molecule has 0 spiro atoms. The van der Waals surface area contributed by atoms with Gasteiger partial charge >= 0.3 is 12.1 Å². The number of rotatable bonds is 6. The van der Waals surface area contributed by atoms with Gasteiger partial charge in [-0.05, 0) is 24.3 Å². The molecule has 3 rings (SSSR count). The van der Waals surface area contributed by atoms with Crippen LogP contribution in [-0.4, -0.2) is 26.1 Å². The zero-order chi connectivity index (χ0) is 21.0. The highest BCUT2D eigenvalue weighted by Gasteiger charge is 2.30. The minimum Gasteiger partial charge on any atom is -0.400 e. The maximum Gasteiger partial charge on any atom is 0.433 e. The fraction of sp³-hybridized carbons (Fsp3) is 0.0667. The van der Waals surface area contributed by atoms with Crippen molar-refractivity contribution >= 4 is 35.6 Å². The molecule has 0 saturated heterocycles. The molecule has 0 aliphatic heterocycles. The summed E-state index contributed by atoms with van der Waals surface area (Å²) in [6.45, 7) is 0. The highest BCUT2D eigenvalue weighted by Crippen LogP contribution is 2.31. The van der Waals surface area contributed by atoms with Crippen LogP contribution in [0.4, 0.5) is 42.6 Å². The number of anilines is 4. The summed E-state index contributed by atoms with van der Waals surface area (Å²) in [7, 11) is 0. The van der Waals surface area contributed by atoms with E-state index in [-0.39, 0.29) is 29.3 Å². The van der Waals surface area contributed by atoms with Crippen LogP contribution in [-0.2, 0) is 6.18 Å². The van der Waals surface area contributed by atoms with Gasteiger partial charge in [-0.25, -0.2) is 5.43 Å². The number of nitrogens with one attached hydrogen (secondary N) is 2. The summed E-state index contributed by atoms with van der Waals surface area (Å²) in [6.07, 6.45) is -3.37. The molecule has 14 heteroatoms. The number of hydrazone groups is 1. The summed E-state index contributed by atoms with van der Waals surface area (Å²) in [4.78, 5) is 21.3. The first-order chi connectivity index (χ1) is 13.7. The lowest BCUT2D eigenvalue weighted by Crippen LogP contribution is -2.08. The molecule has 0 saturated carbocycles. The largest absolute Gasteiger partial charge is 0.433 e. The summed E-state index contributed by atoms with van der Waals surface area (Å²) in [5, 5.41) is 16.9. The van der Waals surface area contributed by atoms with E-state index in [0.717, 1.165) is 24.4 Å². The molecule has 2 aromatic heterocycles. The SMILES string of the molecule is Nc1nc(N/N=C/c2ccc([N+](=O)[O-])o2)nc(Nc2cccc(C(F)(F)F)c2)n1. The number of hydrogen-bond acceptors (Lipinski definition) is 10. The predicted molar refractivity (Wildman–Crippen MR) is 95.5 cm³/mol. The lowest BCUT2D eigenvalue weighted by atomic mass is 10.2. The third-order valence-corrected chi connectivity index (χ3v) is 3.25. The Balaban J connectivity index is 1.72. The number of nitrogens with zero attached hydrogens (tertiary/aromatic N) is 5. The van der Waals surface area contributed by atoms with E-state index in [4.69, 9.17) is 10.2 Å². The van der Waals surface area contributed by atoms with Gasteiger partial charge in [-0.3, -0.25) is 10.1 Å². The van der Waals surface area contributed by atoms with E-state index in [1.165, 1.54) is 18.2 Å². The Morgan fingerprint density at radius 1 is 1.17 bits per heavy atom. The molecule has 0 fully saturated rings. The van der Waals surface area contributed by atoms with Crippen LogP contribution in [0.25, 0.3) is 0 Å². The van der Waals surface area contributed by atoms with Gasteiger partial charge in [0.25, 0.3) is 0 Å². The Hall–Kier alpha value is -4.23. The Morgan fingerprint density at radius 2 is 1.93 bits per heavy atom. The van der Waals surface area contributed by atoms with Gasteiger partial charge in [-0.15, -0.1) is 0 Å². The number of nitrogens with two attached hydrogens (primary N) is 1. The number of alkyl halides is 3. The normalized spacial score (nSPS) is 11.6. The molecule has 3 aromatic rings. The van der Waals surface area contributed by atoms with Gasteiger partial charge in [0.1, 0.15) is 4.92 Å². The average molecular weight is 408 g/mol. The lowest BCUT2D eigenvalue weighted by molar-refractivity contribution is -0.402. The van der Waals surface area contributed by atoms with Gasteiger partial charge < -0.3 is 15.5 Å². The molecule has 1 aromatic carbocycles. The van der Waals surface area contributed by atoms with Crippen molar-refractivity contribution in [2.45, 2.75) is 6.18 Å². The minimum absolute atomic E-state index is 0.0859. The second-order valence-corrected chi connectivity index (χ2v) is 5.35. The summed E-state index contributed by atoms with van der Waals surface area (Å²) in [5.74, 6) is -0.828. The Labute approximate surface area is 159 Å². The third kappa shape index (κ3) is 5.15. The maximum absolute atomic E-state index is 12.8. The second-order valence-electron chi connectivity index (χ2n) is 5.35. The van der Waals surface area contributed by atoms with E-state index in [2.05, 4.69) is 30.8 Å². The summed E-state index contributed by atoms with van der Waals surface area (Å²) in [6, 6.07) is 6.90. The maximum atomic E-state index is 12.8. The summed E-state index contributed by atoms with van der Waals surface area (Å²) < 4.78 is 43.3. The first-order valence-corrected chi connectivity index (χ1v) is 7.70. The van der Waals surface area contributed by atoms with E-state index in [9.17, 15) is 23.3 Å². The third-order valence-electron chi connectivity index (χ3n) is 3.25. The summed E-state index contributed by atoms with van der Waals surface area (Å²) >= 11 is 0. The molecule has 0 atom stereocenters. The van der Waals surface area contributed by atoms with Crippen molar-refractivity contribution in [3.05, 3.63) is 57.8 Å². The van der Waals surface area contributed by atoms with Gasteiger partial charge in [-0.1, -0.05) is 6.07 Å². The number of furan rings is 1. The molecule has 4 N–H and O–H groups in total. The fourth-order valence-electron chi connectivity index (χ4n) is 2.06. The molecule has 150 valence electrons. The van der Waals surface area contributed by atoms with Crippen LogP contribution < -0.4 is 16.5 Å². The predicted octanol–water partition coefficient (Wildman–Crippen LogP) is 3.16. The van der Waals surface area contributed by atoms with Gasteiger partial charge in [0.05, 0.1) is 17.8 Å². The number of hydrogen-bond donors (Lipinski definition) is 3. The van der Waals surface area contributed by atoms with E-state index < -0.39 is 22.5 Å². The van der Waals surface area contributed by atoms with Gasteiger partial charge in [0.15, 0.2) is 5.76 Å². The van der Waals surface area contributed by atoms with Crippen molar-refractivity contribution in [1.29, 1.82) is 0 Å². The number of benzene rings is 1. The van der Waals surface area contributed by atoms with Crippen LogP contribution in [0, 0.1) is 10.1 Å². The van der Waals surface area contributed by atoms with Crippen LogP contribution in [0.3, 0.4) is 0 Å². The first-order valence-electron chi connectivity index (χ1n) is 7.70. The van der Waals surface area contributed by atoms with Gasteiger partial charge in [-0.2, -0.15) is 33.2 Å². The molecule has 29 heavy (non-hydrogen) atoms. The Morgan fingerprint density at radius 3 is 2.62 bits per heavy atom. The Kier molecular flexibility index (Phi) is 5.25. The lowest BCUT2D eigenvalue weighted by Gasteiger charge is -2.10. The zero-order valence-electron chi connectivity index (χ0n) is 14.2. The van der Waals surface area contributed by atoms with E-state index in [0.29, 0.717) is 0 Å². The number of halogens is 3. The highest BCUT2D eigenvalue weighted by molar-refractivity contribution is 5.76. The van der Waals surface area contributed by atoms with Crippen LogP contribution in [0.1, 0.15) is 11.3 Å². The monoisotopic (exact) mass is 408 g/mol. The number of aromatic nitrogens is 3. The van der Waals surface area contributed by atoms with Crippen LogP contribution >= 0.6 is 0 Å². The van der Waals surface area contributed by atoms with Gasteiger partial charge in [0, 0.05) is 5.69 Å². The molecule has 0 radical (unpaired) electrons. The smallest absolute Gasteiger partial charge is 0.400 e. The molecule has 0 aliphatic rings. The number of nitro groups is 1. The molecule has 0 amide bonds. The van der Waals surface area contributed by atoms with Gasteiger partial charge in [0.2, 0.25) is 17.8 Å². The quantitative estimate of drug-likeness (QED) is 0.316. The zero-order valence-corrected chi connectivity index (χ0v) is 14.2. The standard InChI is InChI=1S/C15H11F3N8O3/c16-15(17,18)8-2-1-3-9(6-8)21-13-22-12(19)23-14(24-13)25-20-7-10-4-5-11(29-10)26(27)28/h1-7H,(H4,19,21,22,23,24,25)/b20-7+. The van der Waals surface area contributed by atoms with Crippen molar-refractivity contribution < 1.29 is 22.5 Å². The van der Waals surface area contributed by atoms with E-state index in [1.807, 2.05) is 0 Å². The number of nitrogen functional groups attached to an aromatic ring is 1. The molecular formula is C15H11F3N8O3. The highest BCUT2D eigenvalue weighted by atomic mass is 19.4. The molecule has 0 unspecified atom stereocenters. The summed E-state index contributed by atoms with van der Waals surface area (Å²) in [5.41, 5.74) is 7.21. The molecule has 2 heterocycles. The van der Waals surface area contributed by atoms with Crippen molar-refractivity contribution in [3.63, 3.8) is 0 Å². The molecular weight excluding hydrogens is 397 g/mol. The average Bonchev–Trinajstić information content (AvgIpc) is 3.10. The first kappa shape index (κ1) is 19.5. The molecule has 0 bridgehead atoms. The van der Waals surface area contributed by atoms with Crippen molar-refractivity contribution in [1.82, 2.24) is 15.0 Å². The van der Waals surface area contributed by atoms with E-state index >= 15 is 0 Å². The van der Waals surface area contributed by atoms with Crippen LogP contribution in [0.5, 0.6) is 0 Å². The Bertz CT molecular complexity index is 1070. The fourth-order valence-corrected chi connectivity index (χ4v) is 2.06. The second kappa shape index (κ2) is 7.79. The molecule has 11 nitrogen and oxygen atoms in total. The van der Waals surface area contributed by atoms with Crippen LogP contribution in [0.15, 0.2) is 45.9 Å². The van der Waals surface area contributed by atoms with Crippen molar-refractivity contribution in [2.75, 3.05) is 16.5 Å². The van der Waals surface area contributed by atoms with Crippen LogP contribution in [0.2, 0.25) is 0 Å². The van der Waals surface area contributed by atoms with E-state index in [1.54, 1.807) is 0 Å². The topological polar surface area (TPSA) is 157 Å². The van der Waals surface area contributed by atoms with Crippen molar-refractivity contribution in [2.24, 2.45) is 5.10 Å². The molecule has 0 aliphatic carbocycles. The van der Waals surface area contributed by atoms with Crippen molar-refractivity contribution in [3.8, 4) is 0 Å². The minimum atomic E-state index is -4.50.